The van der Waals surface area contributed by atoms with Gasteiger partial charge in [0, 0.05) is 22.7 Å². The highest BCUT2D eigenvalue weighted by atomic mass is 32.1. The van der Waals surface area contributed by atoms with Crippen molar-refractivity contribution in [2.75, 3.05) is 5.32 Å². The first-order chi connectivity index (χ1) is 9.54. The highest BCUT2D eigenvalue weighted by Crippen LogP contribution is 2.11. The molecule has 1 aromatic heterocycles. The van der Waals surface area contributed by atoms with Crippen LogP contribution in [0.3, 0.4) is 0 Å². The Balaban J connectivity index is 1.97. The van der Waals surface area contributed by atoms with E-state index < -0.39 is 0 Å². The minimum Gasteiger partial charge on any atom is -0.323 e. The van der Waals surface area contributed by atoms with Crippen LogP contribution in [-0.2, 0) is 4.79 Å². The molecule has 0 aliphatic rings. The molecule has 1 amide bonds. The van der Waals surface area contributed by atoms with Crippen LogP contribution < -0.4 is 5.32 Å². The van der Waals surface area contributed by atoms with Gasteiger partial charge in [0.05, 0.1) is 10.7 Å². The highest BCUT2D eigenvalue weighted by molar-refractivity contribution is 7.09. The van der Waals surface area contributed by atoms with Gasteiger partial charge in [0.2, 0.25) is 5.91 Å². The SMILES string of the molecule is CC(=O)c1ccc(NC(=O)/C=C/c2csc(C)n2)cc1. The molecular formula is C15H14N2O2S. The number of carbonyl (C=O) groups excluding carboxylic acids is 2. The van der Waals surface area contributed by atoms with Crippen molar-refractivity contribution in [3.63, 3.8) is 0 Å². The van der Waals surface area contributed by atoms with Gasteiger partial charge in [-0.15, -0.1) is 11.3 Å². The summed E-state index contributed by atoms with van der Waals surface area (Å²) in [4.78, 5) is 27.1. The van der Waals surface area contributed by atoms with Gasteiger partial charge in [-0.1, -0.05) is 0 Å². The van der Waals surface area contributed by atoms with Crippen molar-refractivity contribution in [3.8, 4) is 0 Å². The van der Waals surface area contributed by atoms with Crippen molar-refractivity contribution >= 4 is 34.8 Å². The van der Waals surface area contributed by atoms with Crippen LogP contribution in [0.25, 0.3) is 6.08 Å². The lowest BCUT2D eigenvalue weighted by molar-refractivity contribution is -0.111. The predicted octanol–water partition coefficient (Wildman–Crippen LogP) is 3.31. The summed E-state index contributed by atoms with van der Waals surface area (Å²) in [6.07, 6.45) is 3.11. The molecule has 5 heteroatoms. The van der Waals surface area contributed by atoms with Crippen molar-refractivity contribution in [2.45, 2.75) is 13.8 Å². The zero-order valence-corrected chi connectivity index (χ0v) is 12.0. The van der Waals surface area contributed by atoms with Gasteiger partial charge in [0.1, 0.15) is 0 Å². The number of aryl methyl sites for hydroxylation is 1. The number of thiazole rings is 1. The molecule has 0 saturated carbocycles. The summed E-state index contributed by atoms with van der Waals surface area (Å²) in [5, 5.41) is 5.58. The van der Waals surface area contributed by atoms with Gasteiger partial charge in [-0.3, -0.25) is 9.59 Å². The van der Waals surface area contributed by atoms with E-state index in [0.717, 1.165) is 10.7 Å². The number of nitrogens with zero attached hydrogens (tertiary/aromatic N) is 1. The lowest BCUT2D eigenvalue weighted by Gasteiger charge is -2.02. The summed E-state index contributed by atoms with van der Waals surface area (Å²) in [5.41, 5.74) is 2.05. The first-order valence-electron chi connectivity index (χ1n) is 6.07. The average Bonchev–Trinajstić information content (AvgIpc) is 2.83. The lowest BCUT2D eigenvalue weighted by Crippen LogP contribution is -2.07. The molecule has 1 aromatic carbocycles. The van der Waals surface area contributed by atoms with E-state index in [1.807, 2.05) is 12.3 Å². The first kappa shape index (κ1) is 14.1. The molecule has 20 heavy (non-hydrogen) atoms. The van der Waals surface area contributed by atoms with Crippen LogP contribution in [-0.4, -0.2) is 16.7 Å². The second-order valence-electron chi connectivity index (χ2n) is 4.25. The maximum Gasteiger partial charge on any atom is 0.248 e. The molecule has 2 aromatic rings. The number of Topliss-reactive ketones (excluding diaryl/α,β-unsaturated/α-hetero) is 1. The minimum atomic E-state index is -0.230. The number of carbonyl (C=O) groups is 2. The van der Waals surface area contributed by atoms with Crippen LogP contribution in [0.1, 0.15) is 28.0 Å². The van der Waals surface area contributed by atoms with Gasteiger partial charge in [0.15, 0.2) is 5.78 Å². The molecule has 1 N–H and O–H groups in total. The molecule has 0 aliphatic carbocycles. The van der Waals surface area contributed by atoms with Crippen LogP contribution in [0.2, 0.25) is 0 Å². The predicted molar refractivity (Wildman–Crippen MR) is 81.0 cm³/mol. The standard InChI is InChI=1S/C15H14N2O2S/c1-10(18)12-3-5-13(6-4-12)17-15(19)8-7-14-9-20-11(2)16-14/h3-9H,1-2H3,(H,17,19)/b8-7+. The second kappa shape index (κ2) is 6.25. The van der Waals surface area contributed by atoms with Crippen LogP contribution in [0, 0.1) is 6.92 Å². The molecule has 0 bridgehead atoms. The summed E-state index contributed by atoms with van der Waals surface area (Å²) in [6.45, 7) is 3.42. The van der Waals surface area contributed by atoms with Crippen molar-refractivity contribution in [2.24, 2.45) is 0 Å². The normalized spacial score (nSPS) is 10.7. The van der Waals surface area contributed by atoms with Crippen molar-refractivity contribution in [1.82, 2.24) is 4.98 Å². The zero-order valence-electron chi connectivity index (χ0n) is 11.2. The number of benzene rings is 1. The molecule has 4 nitrogen and oxygen atoms in total. The first-order valence-corrected chi connectivity index (χ1v) is 6.95. The van der Waals surface area contributed by atoms with E-state index in [1.54, 1.807) is 30.3 Å². The van der Waals surface area contributed by atoms with Crippen LogP contribution in [0.4, 0.5) is 5.69 Å². The Kier molecular flexibility index (Phi) is 4.42. The van der Waals surface area contributed by atoms with E-state index >= 15 is 0 Å². The Morgan fingerprint density at radius 1 is 1.25 bits per heavy atom. The fourth-order valence-corrected chi connectivity index (χ4v) is 2.17. The third kappa shape index (κ3) is 3.86. The zero-order chi connectivity index (χ0) is 14.5. The summed E-state index contributed by atoms with van der Waals surface area (Å²) < 4.78 is 0. The fourth-order valence-electron chi connectivity index (χ4n) is 1.59. The number of anilines is 1. The minimum absolute atomic E-state index is 0.00155. The van der Waals surface area contributed by atoms with Gasteiger partial charge < -0.3 is 5.32 Å². The maximum atomic E-state index is 11.7. The van der Waals surface area contributed by atoms with Crippen LogP contribution in [0.5, 0.6) is 0 Å². The van der Waals surface area contributed by atoms with Gasteiger partial charge in [-0.05, 0) is 44.2 Å². The average molecular weight is 286 g/mol. The molecule has 0 radical (unpaired) electrons. The van der Waals surface area contributed by atoms with Crippen molar-refractivity contribution in [3.05, 3.63) is 52.0 Å². The molecular weight excluding hydrogens is 272 g/mol. The molecule has 0 aliphatic heterocycles. The number of nitrogens with one attached hydrogen (secondary N) is 1. The molecule has 0 spiro atoms. The van der Waals surface area contributed by atoms with E-state index in [4.69, 9.17) is 0 Å². The lowest BCUT2D eigenvalue weighted by atomic mass is 10.1. The molecule has 0 atom stereocenters. The molecule has 0 unspecified atom stereocenters. The number of amides is 1. The highest BCUT2D eigenvalue weighted by Gasteiger charge is 2.01. The maximum absolute atomic E-state index is 11.7. The molecule has 1 heterocycles. The summed E-state index contributed by atoms with van der Waals surface area (Å²) >= 11 is 1.54. The van der Waals surface area contributed by atoms with E-state index in [0.29, 0.717) is 11.3 Å². The summed E-state index contributed by atoms with van der Waals surface area (Å²) in [6, 6.07) is 6.78. The Hall–Kier alpha value is -2.27. The molecule has 102 valence electrons. The van der Waals surface area contributed by atoms with E-state index in [9.17, 15) is 9.59 Å². The Morgan fingerprint density at radius 3 is 2.50 bits per heavy atom. The number of aromatic nitrogens is 1. The van der Waals surface area contributed by atoms with Gasteiger partial charge >= 0.3 is 0 Å². The second-order valence-corrected chi connectivity index (χ2v) is 5.31. The number of ketones is 1. The van der Waals surface area contributed by atoms with E-state index in [2.05, 4.69) is 10.3 Å². The Morgan fingerprint density at radius 2 is 1.95 bits per heavy atom. The van der Waals surface area contributed by atoms with Crippen molar-refractivity contribution in [1.29, 1.82) is 0 Å². The Bertz CT molecular complexity index is 657. The van der Waals surface area contributed by atoms with Gasteiger partial charge in [-0.2, -0.15) is 0 Å². The number of rotatable bonds is 4. The monoisotopic (exact) mass is 286 g/mol. The summed E-state index contributed by atoms with van der Waals surface area (Å²) in [7, 11) is 0. The molecule has 0 fully saturated rings. The largest absolute Gasteiger partial charge is 0.323 e. The van der Waals surface area contributed by atoms with Crippen LogP contribution >= 0.6 is 11.3 Å². The summed E-state index contributed by atoms with van der Waals surface area (Å²) in [5.74, 6) is -0.229. The van der Waals surface area contributed by atoms with Gasteiger partial charge in [-0.25, -0.2) is 4.98 Å². The van der Waals surface area contributed by atoms with Crippen molar-refractivity contribution < 1.29 is 9.59 Å². The third-order valence-electron chi connectivity index (χ3n) is 2.60. The smallest absolute Gasteiger partial charge is 0.248 e. The topological polar surface area (TPSA) is 59.1 Å². The van der Waals surface area contributed by atoms with Gasteiger partial charge in [0.25, 0.3) is 0 Å². The third-order valence-corrected chi connectivity index (χ3v) is 3.39. The van der Waals surface area contributed by atoms with Crippen LogP contribution in [0.15, 0.2) is 35.7 Å². The number of hydrogen-bond acceptors (Lipinski definition) is 4. The number of hydrogen-bond donors (Lipinski definition) is 1. The Labute approximate surface area is 121 Å². The molecule has 2 rings (SSSR count). The quantitative estimate of drug-likeness (QED) is 0.693. The fraction of sp³-hybridized carbons (Fsp3) is 0.133. The molecule has 0 saturated heterocycles. The van der Waals surface area contributed by atoms with E-state index in [1.165, 1.54) is 24.3 Å². The van der Waals surface area contributed by atoms with E-state index in [-0.39, 0.29) is 11.7 Å².